The fourth-order valence-corrected chi connectivity index (χ4v) is 4.46. The largest absolute Gasteiger partial charge is 0.397 e. The van der Waals surface area contributed by atoms with Crippen molar-refractivity contribution in [1.82, 2.24) is 20.5 Å². The molecule has 6 nitrogen and oxygen atoms in total. The van der Waals surface area contributed by atoms with Crippen molar-refractivity contribution in [1.29, 1.82) is 0 Å². The van der Waals surface area contributed by atoms with Crippen molar-refractivity contribution in [2.45, 2.75) is 33.5 Å². The Morgan fingerprint density at radius 3 is 2.57 bits per heavy atom. The predicted octanol–water partition coefficient (Wildman–Crippen LogP) is 4.69. The first-order valence-corrected chi connectivity index (χ1v) is 10.7. The molecule has 154 valence electrons. The van der Waals surface area contributed by atoms with Crippen LogP contribution in [0.1, 0.15) is 33.5 Å². The molecule has 3 heterocycles. The first kappa shape index (κ1) is 20.7. The van der Waals surface area contributed by atoms with E-state index in [4.69, 9.17) is 17.3 Å². The summed E-state index contributed by atoms with van der Waals surface area (Å²) < 4.78 is 0. The SMILES string of the molecule is Cc1cc(-c2ccc(CNC(O)c3sc4nnc(C)c(C)c4c3N)cc2)cnc1Cl. The molecule has 4 rings (SSSR count). The zero-order valence-corrected chi connectivity index (χ0v) is 18.5. The number of nitrogens with one attached hydrogen (secondary N) is 1. The van der Waals surface area contributed by atoms with Crippen LogP contribution in [-0.2, 0) is 6.54 Å². The van der Waals surface area contributed by atoms with E-state index in [1.54, 1.807) is 6.20 Å². The van der Waals surface area contributed by atoms with Crippen molar-refractivity contribution < 1.29 is 5.11 Å². The van der Waals surface area contributed by atoms with Crippen LogP contribution in [0.3, 0.4) is 0 Å². The number of aromatic nitrogens is 3. The van der Waals surface area contributed by atoms with E-state index < -0.39 is 6.23 Å². The number of hydrogen-bond donors (Lipinski definition) is 3. The molecule has 0 fully saturated rings. The third-order valence-corrected chi connectivity index (χ3v) is 6.75. The van der Waals surface area contributed by atoms with Gasteiger partial charge in [0.25, 0.3) is 0 Å². The summed E-state index contributed by atoms with van der Waals surface area (Å²) in [5, 5.41) is 23.6. The summed E-state index contributed by atoms with van der Waals surface area (Å²) >= 11 is 7.37. The Morgan fingerprint density at radius 1 is 1.13 bits per heavy atom. The highest BCUT2D eigenvalue weighted by Crippen LogP contribution is 2.37. The van der Waals surface area contributed by atoms with Crippen LogP contribution in [0.25, 0.3) is 21.3 Å². The number of rotatable bonds is 5. The number of nitrogens with two attached hydrogens (primary N) is 1. The molecule has 0 aliphatic rings. The van der Waals surface area contributed by atoms with Crippen LogP contribution >= 0.6 is 22.9 Å². The fourth-order valence-electron chi connectivity index (χ4n) is 3.30. The molecule has 0 amide bonds. The van der Waals surface area contributed by atoms with Crippen LogP contribution in [0.4, 0.5) is 5.69 Å². The standard InChI is InChI=1S/C22H22ClN5OS/c1-11-8-16(10-25-20(11)23)15-6-4-14(5-7-15)9-26-21(29)19-18(24)17-12(2)13(3)27-28-22(17)30-19/h4-8,10,21,26,29H,9,24H2,1-3H3. The Balaban J connectivity index is 1.48. The summed E-state index contributed by atoms with van der Waals surface area (Å²) in [7, 11) is 0. The number of nitrogens with zero attached hydrogens (tertiary/aromatic N) is 3. The minimum absolute atomic E-state index is 0.497. The molecule has 0 bridgehead atoms. The van der Waals surface area contributed by atoms with Gasteiger partial charge in [0, 0.05) is 23.7 Å². The molecule has 0 aliphatic carbocycles. The topological polar surface area (TPSA) is 97.0 Å². The third kappa shape index (κ3) is 3.89. The van der Waals surface area contributed by atoms with E-state index in [1.165, 1.54) is 11.3 Å². The van der Waals surface area contributed by atoms with Gasteiger partial charge in [-0.15, -0.1) is 16.4 Å². The maximum Gasteiger partial charge on any atom is 0.148 e. The average molecular weight is 440 g/mol. The van der Waals surface area contributed by atoms with E-state index in [1.807, 2.05) is 51.1 Å². The van der Waals surface area contributed by atoms with Crippen LogP contribution < -0.4 is 11.1 Å². The second kappa shape index (κ2) is 8.28. The number of anilines is 1. The molecule has 4 aromatic rings. The van der Waals surface area contributed by atoms with E-state index in [2.05, 4.69) is 20.5 Å². The molecular formula is C22H22ClN5OS. The molecule has 3 aromatic heterocycles. The predicted molar refractivity (Wildman–Crippen MR) is 123 cm³/mol. The monoisotopic (exact) mass is 439 g/mol. The van der Waals surface area contributed by atoms with Crippen molar-refractivity contribution in [2.24, 2.45) is 0 Å². The number of pyridine rings is 1. The quantitative estimate of drug-likeness (QED) is 0.308. The minimum Gasteiger partial charge on any atom is -0.397 e. The summed E-state index contributed by atoms with van der Waals surface area (Å²) in [6.45, 7) is 6.31. The van der Waals surface area contributed by atoms with E-state index in [-0.39, 0.29) is 0 Å². The average Bonchev–Trinajstić information content (AvgIpc) is 3.08. The third-order valence-electron chi connectivity index (χ3n) is 5.21. The van der Waals surface area contributed by atoms with Gasteiger partial charge in [-0.25, -0.2) is 4.98 Å². The molecule has 0 aliphatic heterocycles. The second-order valence-electron chi connectivity index (χ2n) is 7.28. The van der Waals surface area contributed by atoms with Gasteiger partial charge < -0.3 is 10.8 Å². The Labute approximate surface area is 183 Å². The number of thiophene rings is 1. The highest BCUT2D eigenvalue weighted by Gasteiger charge is 2.20. The van der Waals surface area contributed by atoms with Gasteiger partial charge in [-0.05, 0) is 49.1 Å². The lowest BCUT2D eigenvalue weighted by Crippen LogP contribution is -2.20. The maximum absolute atomic E-state index is 10.7. The van der Waals surface area contributed by atoms with Crippen molar-refractivity contribution in [3.8, 4) is 11.1 Å². The van der Waals surface area contributed by atoms with Gasteiger partial charge in [0.1, 0.15) is 16.2 Å². The summed E-state index contributed by atoms with van der Waals surface area (Å²) in [6, 6.07) is 10.1. The first-order valence-electron chi connectivity index (χ1n) is 9.49. The van der Waals surface area contributed by atoms with Crippen LogP contribution in [0.15, 0.2) is 36.5 Å². The minimum atomic E-state index is -0.883. The molecule has 0 saturated heterocycles. The highest BCUT2D eigenvalue weighted by atomic mass is 35.5. The van der Waals surface area contributed by atoms with Crippen LogP contribution in [0.2, 0.25) is 5.15 Å². The number of fused-ring (bicyclic) bond motifs is 1. The Morgan fingerprint density at radius 2 is 1.87 bits per heavy atom. The van der Waals surface area contributed by atoms with E-state index in [9.17, 15) is 5.11 Å². The van der Waals surface area contributed by atoms with Gasteiger partial charge in [-0.2, -0.15) is 5.10 Å². The molecule has 1 atom stereocenters. The van der Waals surface area contributed by atoms with Gasteiger partial charge in [0.15, 0.2) is 0 Å². The summed E-state index contributed by atoms with van der Waals surface area (Å²) in [5.41, 5.74) is 12.8. The number of halogens is 1. The zero-order chi connectivity index (χ0) is 21.4. The lowest BCUT2D eigenvalue weighted by atomic mass is 10.0. The molecular weight excluding hydrogens is 418 g/mol. The van der Waals surface area contributed by atoms with E-state index >= 15 is 0 Å². The lowest BCUT2D eigenvalue weighted by Gasteiger charge is -2.13. The fraction of sp³-hybridized carbons (Fsp3) is 0.227. The number of aliphatic hydroxyl groups is 1. The Hall–Kier alpha value is -2.58. The lowest BCUT2D eigenvalue weighted by molar-refractivity contribution is 0.141. The van der Waals surface area contributed by atoms with Crippen LogP contribution in [-0.4, -0.2) is 20.3 Å². The Kier molecular flexibility index (Phi) is 5.71. The van der Waals surface area contributed by atoms with Crippen LogP contribution in [0.5, 0.6) is 0 Å². The summed E-state index contributed by atoms with van der Waals surface area (Å²) in [4.78, 5) is 5.61. The van der Waals surface area contributed by atoms with Crippen molar-refractivity contribution in [3.05, 3.63) is 68.9 Å². The zero-order valence-electron chi connectivity index (χ0n) is 16.9. The number of aliphatic hydroxyl groups excluding tert-OH is 1. The normalized spacial score (nSPS) is 12.4. The highest BCUT2D eigenvalue weighted by molar-refractivity contribution is 7.19. The van der Waals surface area contributed by atoms with Gasteiger partial charge in [0.05, 0.1) is 16.3 Å². The molecule has 1 unspecified atom stereocenters. The van der Waals surface area contributed by atoms with Crippen molar-refractivity contribution in [3.63, 3.8) is 0 Å². The molecule has 0 saturated carbocycles. The van der Waals surface area contributed by atoms with E-state index in [0.29, 0.717) is 22.3 Å². The Bertz CT molecular complexity index is 1220. The summed E-state index contributed by atoms with van der Waals surface area (Å²) in [6.07, 6.45) is 0.884. The number of aryl methyl sites for hydroxylation is 3. The van der Waals surface area contributed by atoms with Crippen molar-refractivity contribution >= 4 is 38.8 Å². The second-order valence-corrected chi connectivity index (χ2v) is 8.67. The number of nitrogen functional groups attached to an aromatic ring is 1. The molecule has 0 radical (unpaired) electrons. The van der Waals surface area contributed by atoms with Gasteiger partial charge >= 0.3 is 0 Å². The van der Waals surface area contributed by atoms with Gasteiger partial charge in [0.2, 0.25) is 0 Å². The molecule has 8 heteroatoms. The molecule has 4 N–H and O–H groups in total. The summed E-state index contributed by atoms with van der Waals surface area (Å²) in [5.74, 6) is 0. The molecule has 30 heavy (non-hydrogen) atoms. The number of benzene rings is 1. The van der Waals surface area contributed by atoms with Crippen LogP contribution in [0, 0.1) is 20.8 Å². The van der Waals surface area contributed by atoms with Gasteiger partial charge in [-0.3, -0.25) is 5.32 Å². The molecule has 0 spiro atoms. The maximum atomic E-state index is 10.7. The molecule has 1 aromatic carbocycles. The van der Waals surface area contributed by atoms with Gasteiger partial charge in [-0.1, -0.05) is 35.9 Å². The smallest absolute Gasteiger partial charge is 0.148 e. The van der Waals surface area contributed by atoms with E-state index in [0.717, 1.165) is 43.7 Å². The first-order chi connectivity index (χ1) is 14.3. The number of hydrogen-bond acceptors (Lipinski definition) is 7. The van der Waals surface area contributed by atoms with Crippen molar-refractivity contribution in [2.75, 3.05) is 5.73 Å².